The normalized spacial score (nSPS) is 10.3. The van der Waals surface area contributed by atoms with E-state index in [0.717, 1.165) is 30.7 Å². The lowest BCUT2D eigenvalue weighted by atomic mass is 10.1. The molecular weight excluding hydrogens is 276 g/mol. The van der Waals surface area contributed by atoms with E-state index in [4.69, 9.17) is 4.74 Å². The fourth-order valence-electron chi connectivity index (χ4n) is 2.24. The van der Waals surface area contributed by atoms with E-state index in [2.05, 4.69) is 4.98 Å². The van der Waals surface area contributed by atoms with Crippen molar-refractivity contribution in [3.8, 4) is 5.75 Å². The van der Waals surface area contributed by atoms with Crippen LogP contribution in [0.1, 0.15) is 17.5 Å². The number of ether oxygens (including phenoxy) is 1. The number of carbonyl (C=O) groups is 1. The van der Waals surface area contributed by atoms with Crippen LogP contribution in [-0.4, -0.2) is 36.5 Å². The lowest BCUT2D eigenvalue weighted by Gasteiger charge is -2.17. The summed E-state index contributed by atoms with van der Waals surface area (Å²) >= 11 is 0. The van der Waals surface area contributed by atoms with Gasteiger partial charge in [-0.05, 0) is 48.2 Å². The summed E-state index contributed by atoms with van der Waals surface area (Å²) in [5.41, 5.74) is 2.32. The molecule has 0 aliphatic carbocycles. The first-order valence-corrected chi connectivity index (χ1v) is 7.45. The van der Waals surface area contributed by atoms with Crippen molar-refractivity contribution in [2.75, 3.05) is 20.7 Å². The van der Waals surface area contributed by atoms with Gasteiger partial charge in [-0.25, -0.2) is 0 Å². The second kappa shape index (κ2) is 8.17. The summed E-state index contributed by atoms with van der Waals surface area (Å²) in [5, 5.41) is 0. The molecular formula is C18H22N2O2. The summed E-state index contributed by atoms with van der Waals surface area (Å²) < 4.78 is 5.20. The number of aromatic nitrogens is 1. The highest BCUT2D eigenvalue weighted by molar-refractivity contribution is 5.76. The SMILES string of the molecule is COc1cccc(CCC(=O)N(C)CCc2ccncc2)c1. The molecule has 0 radical (unpaired) electrons. The number of methoxy groups -OCH3 is 1. The van der Waals surface area contributed by atoms with Gasteiger partial charge >= 0.3 is 0 Å². The Hall–Kier alpha value is -2.36. The minimum Gasteiger partial charge on any atom is -0.497 e. The van der Waals surface area contributed by atoms with Crippen LogP contribution < -0.4 is 4.74 Å². The van der Waals surface area contributed by atoms with Crippen molar-refractivity contribution in [3.05, 3.63) is 59.9 Å². The van der Waals surface area contributed by atoms with E-state index in [0.29, 0.717) is 6.42 Å². The second-order valence-electron chi connectivity index (χ2n) is 5.27. The molecule has 0 aliphatic rings. The largest absolute Gasteiger partial charge is 0.497 e. The molecule has 116 valence electrons. The van der Waals surface area contributed by atoms with Gasteiger partial charge in [-0.2, -0.15) is 0 Å². The molecule has 2 rings (SSSR count). The highest BCUT2D eigenvalue weighted by Crippen LogP contribution is 2.14. The predicted molar refractivity (Wildman–Crippen MR) is 86.9 cm³/mol. The zero-order valence-corrected chi connectivity index (χ0v) is 13.2. The van der Waals surface area contributed by atoms with Crippen LogP contribution in [-0.2, 0) is 17.6 Å². The Morgan fingerprint density at radius 1 is 1.14 bits per heavy atom. The van der Waals surface area contributed by atoms with Crippen LogP contribution in [0.5, 0.6) is 5.75 Å². The van der Waals surface area contributed by atoms with Gasteiger partial charge in [0, 0.05) is 32.4 Å². The fourth-order valence-corrected chi connectivity index (χ4v) is 2.24. The molecule has 0 N–H and O–H groups in total. The first-order chi connectivity index (χ1) is 10.7. The Balaban J connectivity index is 1.78. The van der Waals surface area contributed by atoms with Gasteiger partial charge in [-0.15, -0.1) is 0 Å². The number of carbonyl (C=O) groups excluding carboxylic acids is 1. The number of rotatable bonds is 7. The molecule has 0 fully saturated rings. The zero-order chi connectivity index (χ0) is 15.8. The molecule has 0 saturated carbocycles. The first kappa shape index (κ1) is 16.0. The molecule has 0 saturated heterocycles. The van der Waals surface area contributed by atoms with E-state index in [9.17, 15) is 4.79 Å². The zero-order valence-electron chi connectivity index (χ0n) is 13.2. The van der Waals surface area contributed by atoms with Gasteiger partial charge in [0.15, 0.2) is 0 Å². The Morgan fingerprint density at radius 2 is 1.91 bits per heavy atom. The number of benzene rings is 1. The lowest BCUT2D eigenvalue weighted by Crippen LogP contribution is -2.29. The maximum atomic E-state index is 12.2. The minimum atomic E-state index is 0.164. The van der Waals surface area contributed by atoms with Crippen molar-refractivity contribution in [2.45, 2.75) is 19.3 Å². The molecule has 0 unspecified atom stereocenters. The highest BCUT2D eigenvalue weighted by atomic mass is 16.5. The summed E-state index contributed by atoms with van der Waals surface area (Å²) in [6, 6.07) is 11.8. The number of nitrogens with zero attached hydrogens (tertiary/aromatic N) is 2. The van der Waals surface area contributed by atoms with Crippen molar-refractivity contribution < 1.29 is 9.53 Å². The molecule has 2 aromatic rings. The van der Waals surface area contributed by atoms with Crippen molar-refractivity contribution >= 4 is 5.91 Å². The summed E-state index contributed by atoms with van der Waals surface area (Å²) in [6.45, 7) is 0.723. The van der Waals surface area contributed by atoms with Gasteiger partial charge in [-0.1, -0.05) is 12.1 Å². The van der Waals surface area contributed by atoms with Crippen molar-refractivity contribution in [3.63, 3.8) is 0 Å². The van der Waals surface area contributed by atoms with E-state index in [1.54, 1.807) is 24.4 Å². The molecule has 1 aromatic carbocycles. The number of amides is 1. The highest BCUT2D eigenvalue weighted by Gasteiger charge is 2.09. The molecule has 22 heavy (non-hydrogen) atoms. The minimum absolute atomic E-state index is 0.164. The molecule has 4 heteroatoms. The van der Waals surface area contributed by atoms with Gasteiger partial charge in [0.1, 0.15) is 5.75 Å². The first-order valence-electron chi connectivity index (χ1n) is 7.45. The van der Waals surface area contributed by atoms with E-state index in [1.807, 2.05) is 43.4 Å². The number of aryl methyl sites for hydroxylation is 1. The van der Waals surface area contributed by atoms with E-state index in [1.165, 1.54) is 5.56 Å². The summed E-state index contributed by atoms with van der Waals surface area (Å²) in [5.74, 6) is 0.993. The van der Waals surface area contributed by atoms with E-state index < -0.39 is 0 Å². The molecule has 1 aromatic heterocycles. The standard InChI is InChI=1S/C18H22N2O2/c1-20(13-10-15-8-11-19-12-9-15)18(21)7-6-16-4-3-5-17(14-16)22-2/h3-5,8-9,11-12,14H,6-7,10,13H2,1-2H3. The van der Waals surface area contributed by atoms with Crippen LogP contribution in [0.4, 0.5) is 0 Å². The summed E-state index contributed by atoms with van der Waals surface area (Å²) in [7, 11) is 3.51. The maximum absolute atomic E-state index is 12.2. The molecule has 0 atom stereocenters. The molecule has 0 aliphatic heterocycles. The topological polar surface area (TPSA) is 42.4 Å². The molecule has 1 amide bonds. The predicted octanol–water partition coefficient (Wildman–Crippen LogP) is 2.72. The third kappa shape index (κ3) is 4.88. The molecule has 0 bridgehead atoms. The Labute approximate surface area is 131 Å². The van der Waals surface area contributed by atoms with Crippen LogP contribution in [0.15, 0.2) is 48.8 Å². The smallest absolute Gasteiger partial charge is 0.222 e. The average Bonchev–Trinajstić information content (AvgIpc) is 2.58. The lowest BCUT2D eigenvalue weighted by molar-refractivity contribution is -0.129. The number of likely N-dealkylation sites (N-methyl/N-ethyl adjacent to an activating group) is 1. The van der Waals surface area contributed by atoms with Crippen LogP contribution in [0.3, 0.4) is 0 Å². The maximum Gasteiger partial charge on any atom is 0.222 e. The van der Waals surface area contributed by atoms with Crippen LogP contribution in [0.25, 0.3) is 0 Å². The quantitative estimate of drug-likeness (QED) is 0.789. The number of hydrogen-bond donors (Lipinski definition) is 0. The average molecular weight is 298 g/mol. The molecule has 1 heterocycles. The van der Waals surface area contributed by atoms with Gasteiger partial charge in [0.05, 0.1) is 7.11 Å². The third-order valence-corrected chi connectivity index (χ3v) is 3.67. The van der Waals surface area contributed by atoms with Crippen LogP contribution in [0.2, 0.25) is 0 Å². The van der Waals surface area contributed by atoms with E-state index >= 15 is 0 Å². The van der Waals surface area contributed by atoms with Crippen molar-refractivity contribution in [1.82, 2.24) is 9.88 Å². The second-order valence-corrected chi connectivity index (χ2v) is 5.27. The van der Waals surface area contributed by atoms with Gasteiger partial charge in [0.2, 0.25) is 5.91 Å². The van der Waals surface area contributed by atoms with Crippen LogP contribution >= 0.6 is 0 Å². The third-order valence-electron chi connectivity index (χ3n) is 3.67. The van der Waals surface area contributed by atoms with Gasteiger partial charge in [0.25, 0.3) is 0 Å². The number of pyridine rings is 1. The summed E-state index contributed by atoms with van der Waals surface area (Å²) in [6.07, 6.45) is 5.65. The van der Waals surface area contributed by atoms with E-state index in [-0.39, 0.29) is 5.91 Å². The fraction of sp³-hybridized carbons (Fsp3) is 0.333. The molecule has 0 spiro atoms. The van der Waals surface area contributed by atoms with Crippen LogP contribution in [0, 0.1) is 0 Å². The monoisotopic (exact) mass is 298 g/mol. The van der Waals surface area contributed by atoms with Crippen molar-refractivity contribution in [1.29, 1.82) is 0 Å². The summed E-state index contributed by atoms with van der Waals surface area (Å²) in [4.78, 5) is 18.0. The number of hydrogen-bond acceptors (Lipinski definition) is 3. The Kier molecular flexibility index (Phi) is 5.95. The van der Waals surface area contributed by atoms with Gasteiger partial charge in [-0.3, -0.25) is 9.78 Å². The molecule has 4 nitrogen and oxygen atoms in total. The Bertz CT molecular complexity index is 599. The van der Waals surface area contributed by atoms with Gasteiger partial charge < -0.3 is 9.64 Å². The van der Waals surface area contributed by atoms with Crippen molar-refractivity contribution in [2.24, 2.45) is 0 Å². The Morgan fingerprint density at radius 3 is 2.64 bits per heavy atom.